The topological polar surface area (TPSA) is 195 Å². The summed E-state index contributed by atoms with van der Waals surface area (Å²) in [5.41, 5.74) is 15.7. The molecule has 4 aromatic rings. The molecule has 9 N–H and O–H groups in total. The van der Waals surface area contributed by atoms with Gasteiger partial charge in [-0.1, -0.05) is 138 Å². The fourth-order valence-electron chi connectivity index (χ4n) is 13.8. The number of fused-ring (bicyclic) bond motifs is 4. The van der Waals surface area contributed by atoms with Gasteiger partial charge >= 0.3 is 0 Å². The predicted molar refractivity (Wildman–Crippen MR) is 310 cm³/mol. The Bertz CT molecular complexity index is 3050. The van der Waals surface area contributed by atoms with E-state index in [-0.39, 0.29) is 55.5 Å². The Morgan fingerprint density at radius 2 is 1.63 bits per heavy atom. The van der Waals surface area contributed by atoms with Crippen LogP contribution in [0, 0.1) is 35.0 Å². The number of phenolic OH excluding ortho intramolecular Hbond substituents is 1. The first-order valence-corrected chi connectivity index (χ1v) is 28.6. The van der Waals surface area contributed by atoms with Crippen LogP contribution in [0.5, 0.6) is 5.75 Å². The van der Waals surface area contributed by atoms with Crippen LogP contribution in [0.4, 0.5) is 0 Å². The van der Waals surface area contributed by atoms with Gasteiger partial charge in [0.15, 0.2) is 5.78 Å². The number of carbonyl (C=O) groups excluding carboxylic acids is 2. The molecule has 0 aromatic heterocycles. The second-order valence-electron chi connectivity index (χ2n) is 23.5. The smallest absolute Gasteiger partial charge is 0.243 e. The number of hydrogen-bond acceptors (Lipinski definition) is 10. The third-order valence-electron chi connectivity index (χ3n) is 18.0. The van der Waals surface area contributed by atoms with Crippen molar-refractivity contribution in [3.8, 4) is 17.6 Å². The van der Waals surface area contributed by atoms with Crippen molar-refractivity contribution in [2.45, 2.75) is 147 Å². The van der Waals surface area contributed by atoms with Crippen molar-refractivity contribution in [2.75, 3.05) is 19.8 Å². The van der Waals surface area contributed by atoms with Gasteiger partial charge in [-0.2, -0.15) is 0 Å². The standard InChI is InChI=1S/C68H81N3O8/c1-43-13-8-9-32-79-42-52(20-11-16-44(2)15-10-14-43)57-29-31-68(64(57)76)59-27-26-55(73)39-50-35-48(33-46-17-6-5-7-18-46)34-49(36-50)38-53(37-47-22-24-54(72)25-23-47)61(75)41-70-63-62-51(19-12-21-58(62)65(69)71-66(63)77)40-60(74)45(3)56(59)28-30-67(68,4)78/h5-7,11-12,14,16-25,34-36,53,55,57,59,61,63-65,70,72-73,75-76,78H,2,10,13,15,26-33,37-42,69H2,1,3-4H3,(H,71,77). The molecule has 2 aliphatic carbocycles. The molecule has 0 radical (unpaired) electrons. The molecular weight excluding hydrogens is 987 g/mol. The molecule has 10 atom stereocenters. The summed E-state index contributed by atoms with van der Waals surface area (Å²) in [5.74, 6) is 4.83. The number of allylic oxidation sites excluding steroid dienone is 8. The summed E-state index contributed by atoms with van der Waals surface area (Å²) in [4.78, 5) is 29.3. The minimum absolute atomic E-state index is 0.0348. The minimum Gasteiger partial charge on any atom is -0.508 e. The monoisotopic (exact) mass is 1070 g/mol. The molecule has 9 rings (SSSR count). The molecule has 79 heavy (non-hydrogen) atoms. The van der Waals surface area contributed by atoms with Crippen molar-refractivity contribution in [1.82, 2.24) is 10.6 Å². The predicted octanol–water partition coefficient (Wildman–Crippen LogP) is 9.40. The van der Waals surface area contributed by atoms with Gasteiger partial charge in [0.25, 0.3) is 0 Å². The summed E-state index contributed by atoms with van der Waals surface area (Å²) in [6, 6.07) is 28.4. The summed E-state index contributed by atoms with van der Waals surface area (Å²) in [6.07, 6.45) is 11.4. The number of Topliss-reactive ketones (excluding diaryl/α,β-unsaturated/α-hetero) is 1. The van der Waals surface area contributed by atoms with E-state index < -0.39 is 47.5 Å². The second kappa shape index (κ2) is 25.5. The Kier molecular flexibility index (Phi) is 18.6. The number of hydrogen-bond donors (Lipinski definition) is 8. The minimum atomic E-state index is -1.35. The highest BCUT2D eigenvalue weighted by Crippen LogP contribution is 2.63. The van der Waals surface area contributed by atoms with Gasteiger partial charge in [0.05, 0.1) is 30.5 Å². The molecule has 2 fully saturated rings. The zero-order chi connectivity index (χ0) is 55.8. The van der Waals surface area contributed by atoms with E-state index in [0.29, 0.717) is 92.9 Å². The van der Waals surface area contributed by atoms with E-state index >= 15 is 4.79 Å². The van der Waals surface area contributed by atoms with Gasteiger partial charge in [-0.15, -0.1) is 0 Å². The molecule has 416 valence electrons. The Balaban J connectivity index is 1.13. The molecule has 0 saturated heterocycles. The van der Waals surface area contributed by atoms with Gasteiger partial charge in [0.2, 0.25) is 5.91 Å². The molecule has 3 heterocycles. The zero-order valence-electron chi connectivity index (χ0n) is 46.4. The maximum absolute atomic E-state index is 15.2. The number of aromatic hydroxyl groups is 1. The number of ether oxygens (including phenoxy) is 1. The van der Waals surface area contributed by atoms with E-state index in [2.05, 4.69) is 72.4 Å². The lowest BCUT2D eigenvalue weighted by Gasteiger charge is -2.56. The first-order chi connectivity index (χ1) is 38.0. The average Bonchev–Trinajstić information content (AvgIpc) is 4.02. The third-order valence-corrected chi connectivity index (χ3v) is 18.0. The van der Waals surface area contributed by atoms with E-state index in [1.807, 2.05) is 80.6 Å². The molecule has 2 bridgehead atoms. The van der Waals surface area contributed by atoms with E-state index in [4.69, 9.17) is 10.5 Å². The van der Waals surface area contributed by atoms with Gasteiger partial charge in [-0.3, -0.25) is 14.9 Å². The number of β-amino-alcohol motifs (C(OH)–C–C–N with tert-alkyl or cyclic N) is 1. The van der Waals surface area contributed by atoms with Crippen LogP contribution in [-0.2, 0) is 46.4 Å². The number of nitrogens with two attached hydrogens (primary N) is 1. The van der Waals surface area contributed by atoms with E-state index in [1.54, 1.807) is 12.1 Å². The average molecular weight is 1070 g/mol. The fourth-order valence-corrected chi connectivity index (χ4v) is 13.8. The summed E-state index contributed by atoms with van der Waals surface area (Å²) in [5, 5.41) is 67.4. The van der Waals surface area contributed by atoms with Gasteiger partial charge in [0, 0.05) is 30.7 Å². The molecule has 11 nitrogen and oxygen atoms in total. The molecule has 11 heteroatoms. The van der Waals surface area contributed by atoms with E-state index in [0.717, 1.165) is 57.4 Å². The second-order valence-corrected chi connectivity index (χ2v) is 23.5. The van der Waals surface area contributed by atoms with Crippen LogP contribution in [0.25, 0.3) is 0 Å². The Hall–Kier alpha value is -6.20. The SMILES string of the molecule is C=C1C=CC=C(C2CCC3(C4CCC(O)Cc5cc(Cc6ccccc6)cc(c5)CC(Cc5ccc(O)cc5)C(O)CNC5C(=O)NC(N)c6cccc(c65)CC(=O)C(C)=C4CCC3(C)O)C2O)COCC#CCC(C)=CCC1. The summed E-state index contributed by atoms with van der Waals surface area (Å²) < 4.78 is 6.23. The van der Waals surface area contributed by atoms with Crippen LogP contribution in [0.15, 0.2) is 150 Å². The van der Waals surface area contributed by atoms with Gasteiger partial charge in [-0.25, -0.2) is 0 Å². The molecule has 10 unspecified atom stereocenters. The Morgan fingerprint density at radius 1 is 0.861 bits per heavy atom. The zero-order valence-corrected chi connectivity index (χ0v) is 46.4. The van der Waals surface area contributed by atoms with Crippen molar-refractivity contribution >= 4 is 11.7 Å². The summed E-state index contributed by atoms with van der Waals surface area (Å²) in [7, 11) is 0. The van der Waals surface area contributed by atoms with Crippen LogP contribution in [0.3, 0.4) is 0 Å². The molecular formula is C68H81N3O8. The normalized spacial score (nSPS) is 29.6. The largest absolute Gasteiger partial charge is 0.508 e. The first kappa shape index (κ1) is 57.5. The third kappa shape index (κ3) is 13.4. The van der Waals surface area contributed by atoms with Gasteiger partial charge in [0.1, 0.15) is 24.6 Å². The quantitative estimate of drug-likeness (QED) is 0.0705. The first-order valence-electron chi connectivity index (χ1n) is 28.6. The van der Waals surface area contributed by atoms with Crippen molar-refractivity contribution < 1.29 is 39.9 Å². The molecule has 3 aliphatic heterocycles. The van der Waals surface area contributed by atoms with E-state index in [1.165, 1.54) is 5.57 Å². The number of amides is 1. The van der Waals surface area contributed by atoms with Crippen molar-refractivity contribution in [3.63, 3.8) is 0 Å². The molecule has 1 spiro atoms. The van der Waals surface area contributed by atoms with Crippen LogP contribution in [0.1, 0.15) is 135 Å². The molecule has 4 aromatic carbocycles. The number of ketones is 1. The van der Waals surface area contributed by atoms with Crippen molar-refractivity contribution in [1.29, 1.82) is 0 Å². The number of nitrogens with one attached hydrogen (secondary N) is 2. The lowest BCUT2D eigenvalue weighted by Crippen LogP contribution is -2.59. The van der Waals surface area contributed by atoms with E-state index in [9.17, 15) is 30.3 Å². The molecule has 2 saturated carbocycles. The highest BCUT2D eigenvalue weighted by molar-refractivity contribution is 5.98. The van der Waals surface area contributed by atoms with Crippen molar-refractivity contribution in [3.05, 3.63) is 194 Å². The summed E-state index contributed by atoms with van der Waals surface area (Å²) in [6.45, 7) is 10.6. The highest BCUT2D eigenvalue weighted by atomic mass is 16.5. The highest BCUT2D eigenvalue weighted by Gasteiger charge is 2.64. The number of carbonyl (C=O) groups is 2. The van der Waals surface area contributed by atoms with Crippen molar-refractivity contribution in [2.24, 2.45) is 28.9 Å². The van der Waals surface area contributed by atoms with Crippen LogP contribution in [-0.4, -0.2) is 80.9 Å². The number of rotatable bonds is 5. The number of aliphatic hydroxyl groups excluding tert-OH is 3. The summed E-state index contributed by atoms with van der Waals surface area (Å²) >= 11 is 0. The number of benzene rings is 4. The molecule has 5 aliphatic rings. The number of phenols is 1. The maximum atomic E-state index is 15.2. The lowest BCUT2D eigenvalue weighted by molar-refractivity contribution is -0.168. The maximum Gasteiger partial charge on any atom is 0.243 e. The fraction of sp³-hybridized carbons (Fsp3) is 0.441. The molecule has 1 amide bonds. The van der Waals surface area contributed by atoms with Crippen LogP contribution >= 0.6 is 0 Å². The Morgan fingerprint density at radius 3 is 2.42 bits per heavy atom. The van der Waals surface area contributed by atoms with Crippen LogP contribution < -0.4 is 16.4 Å². The van der Waals surface area contributed by atoms with Crippen LogP contribution in [0.2, 0.25) is 0 Å². The lowest BCUT2D eigenvalue weighted by atomic mass is 9.52. The number of aliphatic hydroxyl groups is 4. The van der Waals surface area contributed by atoms with Gasteiger partial charge in [-0.05, 0) is 177 Å². The van der Waals surface area contributed by atoms with Gasteiger partial charge < -0.3 is 41.3 Å². The Labute approximate surface area is 467 Å².